The van der Waals surface area contributed by atoms with Gasteiger partial charge in [0.25, 0.3) is 0 Å². The molecule has 0 saturated carbocycles. The Labute approximate surface area is 83.1 Å². The summed E-state index contributed by atoms with van der Waals surface area (Å²) in [5.74, 6) is 0. The van der Waals surface area contributed by atoms with Gasteiger partial charge in [-0.2, -0.15) is 0 Å². The van der Waals surface area contributed by atoms with Crippen LogP contribution in [0.5, 0.6) is 0 Å². The van der Waals surface area contributed by atoms with Gasteiger partial charge >= 0.3 is 0 Å². The van der Waals surface area contributed by atoms with E-state index in [4.69, 9.17) is 5.11 Å². The van der Waals surface area contributed by atoms with Gasteiger partial charge in [-0.25, -0.2) is 0 Å². The van der Waals surface area contributed by atoms with E-state index < -0.39 is 0 Å². The molecule has 3 heteroatoms. The number of aliphatic hydroxyl groups is 1. The second kappa shape index (κ2) is 5.95. The third kappa shape index (κ3) is 3.04. The number of rotatable bonds is 4. The largest absolute Gasteiger partial charge is 0.395 e. The Kier molecular flexibility index (Phi) is 5.19. The molecule has 1 rings (SSSR count). The fourth-order valence-corrected chi connectivity index (χ4v) is 2.07. The average molecular weight is 236 g/mol. The van der Waals surface area contributed by atoms with Gasteiger partial charge in [0.05, 0.1) is 6.61 Å². The standard InChI is InChI=1S/C9H18BrNO/c10-5-3-7-11-6-2-1-4-9(11)8-12/h9,12H,1-8H2. The van der Waals surface area contributed by atoms with E-state index in [9.17, 15) is 0 Å². The van der Waals surface area contributed by atoms with Crippen molar-refractivity contribution in [1.82, 2.24) is 4.90 Å². The van der Waals surface area contributed by atoms with Crippen molar-refractivity contribution in [1.29, 1.82) is 0 Å². The Balaban J connectivity index is 2.26. The lowest BCUT2D eigenvalue weighted by Crippen LogP contribution is -2.42. The molecule has 12 heavy (non-hydrogen) atoms. The molecule has 1 unspecified atom stereocenters. The molecule has 1 aliphatic heterocycles. The number of likely N-dealkylation sites (tertiary alicyclic amines) is 1. The van der Waals surface area contributed by atoms with Crippen LogP contribution in [0.15, 0.2) is 0 Å². The fraction of sp³-hybridized carbons (Fsp3) is 1.00. The number of piperidine rings is 1. The summed E-state index contributed by atoms with van der Waals surface area (Å²) < 4.78 is 0. The third-order valence-electron chi connectivity index (χ3n) is 2.54. The Morgan fingerprint density at radius 3 is 2.92 bits per heavy atom. The highest BCUT2D eigenvalue weighted by Gasteiger charge is 2.20. The van der Waals surface area contributed by atoms with E-state index >= 15 is 0 Å². The summed E-state index contributed by atoms with van der Waals surface area (Å²) in [6.07, 6.45) is 4.96. The van der Waals surface area contributed by atoms with Crippen molar-refractivity contribution in [2.45, 2.75) is 31.7 Å². The topological polar surface area (TPSA) is 23.5 Å². The third-order valence-corrected chi connectivity index (χ3v) is 3.10. The minimum Gasteiger partial charge on any atom is -0.395 e. The Bertz CT molecular complexity index is 121. The molecule has 0 aromatic rings. The van der Waals surface area contributed by atoms with Crippen molar-refractivity contribution >= 4 is 15.9 Å². The van der Waals surface area contributed by atoms with Gasteiger partial charge in [-0.1, -0.05) is 22.4 Å². The summed E-state index contributed by atoms with van der Waals surface area (Å²) in [7, 11) is 0. The van der Waals surface area contributed by atoms with Crippen LogP contribution in [0.4, 0.5) is 0 Å². The van der Waals surface area contributed by atoms with Crippen LogP contribution in [-0.2, 0) is 0 Å². The first-order valence-corrected chi connectivity index (χ1v) is 5.91. The van der Waals surface area contributed by atoms with Crippen LogP contribution in [0, 0.1) is 0 Å². The van der Waals surface area contributed by atoms with Crippen LogP contribution in [0.1, 0.15) is 25.7 Å². The van der Waals surface area contributed by atoms with E-state index in [-0.39, 0.29) is 0 Å². The minimum absolute atomic E-state index is 0.336. The first-order chi connectivity index (χ1) is 5.88. The number of nitrogens with zero attached hydrogens (tertiary/aromatic N) is 1. The van der Waals surface area contributed by atoms with Gasteiger partial charge in [-0.3, -0.25) is 4.90 Å². The van der Waals surface area contributed by atoms with Gasteiger partial charge in [-0.15, -0.1) is 0 Å². The lowest BCUT2D eigenvalue weighted by atomic mass is 10.0. The molecule has 0 bridgehead atoms. The molecule has 1 fully saturated rings. The summed E-state index contributed by atoms with van der Waals surface area (Å²) in [5.41, 5.74) is 0. The van der Waals surface area contributed by atoms with Crippen molar-refractivity contribution in [3.05, 3.63) is 0 Å². The Morgan fingerprint density at radius 2 is 2.25 bits per heavy atom. The zero-order valence-electron chi connectivity index (χ0n) is 7.51. The van der Waals surface area contributed by atoms with Crippen molar-refractivity contribution in [2.75, 3.05) is 25.0 Å². The quantitative estimate of drug-likeness (QED) is 0.750. The number of halogens is 1. The van der Waals surface area contributed by atoms with Crippen LogP contribution < -0.4 is 0 Å². The molecule has 0 aromatic heterocycles. The fourth-order valence-electron chi connectivity index (χ4n) is 1.82. The van der Waals surface area contributed by atoms with Crippen LogP contribution in [0.2, 0.25) is 0 Å². The van der Waals surface area contributed by atoms with Gasteiger partial charge in [0, 0.05) is 11.4 Å². The highest BCUT2D eigenvalue weighted by molar-refractivity contribution is 9.09. The first-order valence-electron chi connectivity index (χ1n) is 4.79. The normalized spacial score (nSPS) is 26.0. The lowest BCUT2D eigenvalue weighted by molar-refractivity contribution is 0.0908. The molecule has 1 atom stereocenters. The van der Waals surface area contributed by atoms with Crippen LogP contribution in [0.25, 0.3) is 0 Å². The van der Waals surface area contributed by atoms with E-state index in [0.29, 0.717) is 12.6 Å². The van der Waals surface area contributed by atoms with Crippen LogP contribution >= 0.6 is 15.9 Å². The molecule has 0 spiro atoms. The van der Waals surface area contributed by atoms with E-state index in [2.05, 4.69) is 20.8 Å². The van der Waals surface area contributed by atoms with Gasteiger partial charge in [0.2, 0.25) is 0 Å². The highest BCUT2D eigenvalue weighted by Crippen LogP contribution is 2.16. The zero-order valence-corrected chi connectivity index (χ0v) is 9.09. The second-order valence-corrected chi connectivity index (χ2v) is 4.20. The minimum atomic E-state index is 0.336. The summed E-state index contributed by atoms with van der Waals surface area (Å²) in [6, 6.07) is 0.442. The van der Waals surface area contributed by atoms with Crippen molar-refractivity contribution in [2.24, 2.45) is 0 Å². The second-order valence-electron chi connectivity index (χ2n) is 3.41. The number of hydrogen-bond donors (Lipinski definition) is 1. The summed E-state index contributed by atoms with van der Waals surface area (Å²) in [6.45, 7) is 2.65. The monoisotopic (exact) mass is 235 g/mol. The molecule has 0 aliphatic carbocycles. The lowest BCUT2D eigenvalue weighted by Gasteiger charge is -2.34. The zero-order chi connectivity index (χ0) is 8.81. The molecule has 1 N–H and O–H groups in total. The van der Waals surface area contributed by atoms with Crippen molar-refractivity contribution < 1.29 is 5.11 Å². The maximum absolute atomic E-state index is 9.11. The molecular weight excluding hydrogens is 218 g/mol. The SMILES string of the molecule is OCC1CCCCN1CCCBr. The molecular formula is C9H18BrNO. The van der Waals surface area contributed by atoms with Crippen LogP contribution in [0.3, 0.4) is 0 Å². The number of aliphatic hydroxyl groups excluding tert-OH is 1. The summed E-state index contributed by atoms with van der Waals surface area (Å²) in [4.78, 5) is 2.42. The van der Waals surface area contributed by atoms with Crippen LogP contribution in [-0.4, -0.2) is 41.1 Å². The molecule has 72 valence electrons. The predicted octanol–water partition coefficient (Wildman–Crippen LogP) is 1.62. The van der Waals surface area contributed by atoms with E-state index in [0.717, 1.165) is 11.9 Å². The molecule has 2 nitrogen and oxygen atoms in total. The molecule has 1 aliphatic rings. The summed E-state index contributed by atoms with van der Waals surface area (Å²) in [5, 5.41) is 10.2. The number of alkyl halides is 1. The maximum Gasteiger partial charge on any atom is 0.0586 e. The van der Waals surface area contributed by atoms with E-state index in [1.807, 2.05) is 0 Å². The molecule has 0 aromatic carbocycles. The Hall–Kier alpha value is 0.400. The first kappa shape index (κ1) is 10.5. The average Bonchev–Trinajstić information content (AvgIpc) is 2.15. The summed E-state index contributed by atoms with van der Waals surface area (Å²) >= 11 is 3.43. The van der Waals surface area contributed by atoms with Gasteiger partial charge in [0.1, 0.15) is 0 Å². The van der Waals surface area contributed by atoms with E-state index in [1.165, 1.54) is 32.2 Å². The molecule has 1 heterocycles. The maximum atomic E-state index is 9.11. The Morgan fingerprint density at radius 1 is 1.42 bits per heavy atom. The van der Waals surface area contributed by atoms with Gasteiger partial charge in [-0.05, 0) is 32.4 Å². The van der Waals surface area contributed by atoms with Crippen molar-refractivity contribution in [3.8, 4) is 0 Å². The highest BCUT2D eigenvalue weighted by atomic mass is 79.9. The molecule has 0 radical (unpaired) electrons. The molecule has 1 saturated heterocycles. The van der Waals surface area contributed by atoms with Gasteiger partial charge in [0.15, 0.2) is 0 Å². The smallest absolute Gasteiger partial charge is 0.0586 e. The molecule has 0 amide bonds. The van der Waals surface area contributed by atoms with E-state index in [1.54, 1.807) is 0 Å². The van der Waals surface area contributed by atoms with Gasteiger partial charge < -0.3 is 5.11 Å². The number of hydrogen-bond acceptors (Lipinski definition) is 2. The van der Waals surface area contributed by atoms with Crippen molar-refractivity contribution in [3.63, 3.8) is 0 Å². The predicted molar refractivity (Wildman–Crippen MR) is 54.7 cm³/mol.